The number of nitrogens with zero attached hydrogens (tertiary/aromatic N) is 1. The number of nitrogens with one attached hydrogen (secondary N) is 1. The SMILES string of the molecule is O=C(/C=N/O)Nc1cccc(F)c1Cl. The zero-order chi connectivity index (χ0) is 10.6. The molecule has 0 aliphatic rings. The molecule has 0 spiro atoms. The van der Waals surface area contributed by atoms with E-state index in [0.717, 1.165) is 6.07 Å². The number of halogens is 2. The lowest BCUT2D eigenvalue weighted by Crippen LogP contribution is -2.13. The predicted octanol–water partition coefficient (Wildman–Crippen LogP) is 1.88. The molecule has 0 unspecified atom stereocenters. The lowest BCUT2D eigenvalue weighted by atomic mass is 10.3. The summed E-state index contributed by atoms with van der Waals surface area (Å²) in [7, 11) is 0. The molecule has 4 nitrogen and oxygen atoms in total. The van der Waals surface area contributed by atoms with Crippen LogP contribution in [-0.2, 0) is 4.79 Å². The Morgan fingerprint density at radius 1 is 1.64 bits per heavy atom. The Hall–Kier alpha value is -1.62. The van der Waals surface area contributed by atoms with E-state index in [1.807, 2.05) is 0 Å². The molecule has 0 bridgehead atoms. The van der Waals surface area contributed by atoms with Crippen molar-refractivity contribution in [3.8, 4) is 0 Å². The van der Waals surface area contributed by atoms with Crippen molar-refractivity contribution in [2.45, 2.75) is 0 Å². The Morgan fingerprint density at radius 3 is 3.00 bits per heavy atom. The summed E-state index contributed by atoms with van der Waals surface area (Å²) in [5.41, 5.74) is 0.122. The summed E-state index contributed by atoms with van der Waals surface area (Å²) in [5, 5.41) is 12.6. The van der Waals surface area contributed by atoms with Crippen molar-refractivity contribution in [3.05, 3.63) is 29.0 Å². The normalized spacial score (nSPS) is 10.4. The topological polar surface area (TPSA) is 61.7 Å². The average Bonchev–Trinajstić information content (AvgIpc) is 2.13. The fourth-order valence-electron chi connectivity index (χ4n) is 0.818. The van der Waals surface area contributed by atoms with Crippen molar-refractivity contribution >= 4 is 29.4 Å². The molecule has 1 rings (SSSR count). The lowest BCUT2D eigenvalue weighted by Gasteiger charge is -2.03. The quantitative estimate of drug-likeness (QED) is 0.450. The number of rotatable bonds is 2. The van der Waals surface area contributed by atoms with Gasteiger partial charge in [0.05, 0.1) is 10.7 Å². The van der Waals surface area contributed by atoms with Crippen LogP contribution in [0.25, 0.3) is 0 Å². The van der Waals surface area contributed by atoms with Crippen molar-refractivity contribution < 1.29 is 14.4 Å². The third-order valence-electron chi connectivity index (χ3n) is 1.38. The highest BCUT2D eigenvalue weighted by molar-refractivity contribution is 6.36. The van der Waals surface area contributed by atoms with Gasteiger partial charge in [-0.05, 0) is 12.1 Å². The van der Waals surface area contributed by atoms with E-state index in [1.165, 1.54) is 12.1 Å². The maximum absolute atomic E-state index is 12.8. The number of carbonyl (C=O) groups excluding carboxylic acids is 1. The van der Waals surface area contributed by atoms with Crippen molar-refractivity contribution in [1.82, 2.24) is 0 Å². The highest BCUT2D eigenvalue weighted by Gasteiger charge is 2.07. The molecule has 0 atom stereocenters. The van der Waals surface area contributed by atoms with Gasteiger partial charge in [0.2, 0.25) is 0 Å². The van der Waals surface area contributed by atoms with Gasteiger partial charge in [-0.2, -0.15) is 0 Å². The van der Waals surface area contributed by atoms with E-state index in [4.69, 9.17) is 16.8 Å². The van der Waals surface area contributed by atoms with Crippen LogP contribution in [0.2, 0.25) is 5.02 Å². The smallest absolute Gasteiger partial charge is 0.270 e. The molecule has 6 heteroatoms. The second-order valence-corrected chi connectivity index (χ2v) is 2.71. The molecule has 0 heterocycles. The molecule has 0 saturated heterocycles. The van der Waals surface area contributed by atoms with Crippen LogP contribution in [0, 0.1) is 5.82 Å². The summed E-state index contributed by atoms with van der Waals surface area (Å²) in [6.07, 6.45) is 0.640. The highest BCUT2D eigenvalue weighted by Crippen LogP contribution is 2.23. The summed E-state index contributed by atoms with van der Waals surface area (Å²) in [6, 6.07) is 3.99. The number of hydrogen-bond acceptors (Lipinski definition) is 3. The minimum absolute atomic E-state index is 0.122. The number of carbonyl (C=O) groups is 1. The third-order valence-corrected chi connectivity index (χ3v) is 1.77. The number of anilines is 1. The van der Waals surface area contributed by atoms with Crippen LogP contribution < -0.4 is 5.32 Å². The average molecular weight is 217 g/mol. The molecular weight excluding hydrogens is 211 g/mol. The van der Waals surface area contributed by atoms with Crippen LogP contribution in [0.5, 0.6) is 0 Å². The maximum atomic E-state index is 12.8. The molecule has 0 radical (unpaired) electrons. The van der Waals surface area contributed by atoms with Gasteiger partial charge in [-0.1, -0.05) is 22.8 Å². The standard InChI is InChI=1S/C8H6ClFN2O2/c9-8-5(10)2-1-3-6(8)12-7(13)4-11-14/h1-4,14H,(H,12,13)/b11-4+. The minimum atomic E-state index is -0.694. The Bertz CT molecular complexity index is 382. The Balaban J connectivity index is 2.87. The second-order valence-electron chi connectivity index (χ2n) is 2.34. The molecule has 1 aromatic rings. The van der Waals surface area contributed by atoms with E-state index < -0.39 is 11.7 Å². The summed E-state index contributed by atoms with van der Waals surface area (Å²) < 4.78 is 12.8. The molecule has 1 aromatic carbocycles. The Labute approximate surface area is 84.0 Å². The Kier molecular flexibility index (Phi) is 3.41. The first kappa shape index (κ1) is 10.5. The number of oxime groups is 1. The van der Waals surface area contributed by atoms with E-state index >= 15 is 0 Å². The minimum Gasteiger partial charge on any atom is -0.411 e. The largest absolute Gasteiger partial charge is 0.411 e. The van der Waals surface area contributed by atoms with Gasteiger partial charge in [0, 0.05) is 0 Å². The summed E-state index contributed by atoms with van der Waals surface area (Å²) in [6.45, 7) is 0. The number of amides is 1. The van der Waals surface area contributed by atoms with Crippen LogP contribution in [0.1, 0.15) is 0 Å². The fraction of sp³-hybridized carbons (Fsp3) is 0. The molecule has 1 amide bonds. The van der Waals surface area contributed by atoms with Crippen molar-refractivity contribution in [1.29, 1.82) is 0 Å². The van der Waals surface area contributed by atoms with Crippen molar-refractivity contribution in [2.75, 3.05) is 5.32 Å². The van der Waals surface area contributed by atoms with Gasteiger partial charge >= 0.3 is 0 Å². The van der Waals surface area contributed by atoms with Gasteiger partial charge in [0.15, 0.2) is 0 Å². The fourth-order valence-corrected chi connectivity index (χ4v) is 0.991. The van der Waals surface area contributed by atoms with Gasteiger partial charge in [0.25, 0.3) is 5.91 Å². The van der Waals surface area contributed by atoms with E-state index in [9.17, 15) is 9.18 Å². The van der Waals surface area contributed by atoms with Gasteiger partial charge < -0.3 is 10.5 Å². The van der Waals surface area contributed by atoms with E-state index in [0.29, 0.717) is 6.21 Å². The van der Waals surface area contributed by atoms with E-state index in [-0.39, 0.29) is 10.7 Å². The van der Waals surface area contributed by atoms with Crippen LogP contribution >= 0.6 is 11.6 Å². The first-order chi connectivity index (χ1) is 6.65. The molecule has 0 aromatic heterocycles. The summed E-state index contributed by atoms with van der Waals surface area (Å²) in [5.74, 6) is -1.33. The zero-order valence-corrected chi connectivity index (χ0v) is 7.62. The molecule has 0 aliphatic heterocycles. The van der Waals surface area contributed by atoms with Crippen LogP contribution in [0.3, 0.4) is 0 Å². The molecule has 0 aliphatic carbocycles. The first-order valence-corrected chi connectivity index (χ1v) is 3.95. The molecule has 2 N–H and O–H groups in total. The molecular formula is C8H6ClFN2O2. The van der Waals surface area contributed by atoms with Gasteiger partial charge in [-0.15, -0.1) is 0 Å². The number of benzene rings is 1. The van der Waals surface area contributed by atoms with Crippen LogP contribution in [-0.4, -0.2) is 17.3 Å². The van der Waals surface area contributed by atoms with Crippen molar-refractivity contribution in [2.24, 2.45) is 5.16 Å². The molecule has 0 saturated carbocycles. The summed E-state index contributed by atoms with van der Waals surface area (Å²) >= 11 is 5.54. The Morgan fingerprint density at radius 2 is 2.36 bits per heavy atom. The third kappa shape index (κ3) is 2.43. The molecule has 14 heavy (non-hydrogen) atoms. The van der Waals surface area contributed by atoms with Gasteiger partial charge in [-0.25, -0.2) is 4.39 Å². The zero-order valence-electron chi connectivity index (χ0n) is 6.87. The molecule has 0 fully saturated rings. The lowest BCUT2D eigenvalue weighted by molar-refractivity contribution is -0.110. The molecule has 74 valence electrons. The van der Waals surface area contributed by atoms with E-state index in [1.54, 1.807) is 0 Å². The predicted molar refractivity (Wildman–Crippen MR) is 50.3 cm³/mol. The van der Waals surface area contributed by atoms with Crippen molar-refractivity contribution in [3.63, 3.8) is 0 Å². The van der Waals surface area contributed by atoms with Gasteiger partial charge in [-0.3, -0.25) is 4.79 Å². The second kappa shape index (κ2) is 4.57. The van der Waals surface area contributed by atoms with E-state index in [2.05, 4.69) is 10.5 Å². The van der Waals surface area contributed by atoms with Crippen LogP contribution in [0.4, 0.5) is 10.1 Å². The summed E-state index contributed by atoms with van der Waals surface area (Å²) in [4.78, 5) is 10.9. The first-order valence-electron chi connectivity index (χ1n) is 3.57. The monoisotopic (exact) mass is 216 g/mol. The van der Waals surface area contributed by atoms with Crippen LogP contribution in [0.15, 0.2) is 23.4 Å². The van der Waals surface area contributed by atoms with Gasteiger partial charge in [0.1, 0.15) is 12.0 Å². The highest BCUT2D eigenvalue weighted by atomic mass is 35.5. The number of hydrogen-bond donors (Lipinski definition) is 2. The maximum Gasteiger partial charge on any atom is 0.270 e.